The average Bonchev–Trinajstić information content (AvgIpc) is 2.13. The molecule has 0 aliphatic rings. The lowest BCUT2D eigenvalue weighted by atomic mass is 10.1. The van der Waals surface area contributed by atoms with Crippen molar-refractivity contribution in [1.82, 2.24) is 0 Å². The number of hydrogen-bond donors (Lipinski definition) is 3. The second-order valence-corrected chi connectivity index (χ2v) is 6.33. The Hall–Kier alpha value is 0.260. The SMILES string of the molecule is [2H]CCCCC(CCC)OP(=O)(O)OP(=O)(O)O. The van der Waals surface area contributed by atoms with Gasteiger partial charge in [-0.3, -0.25) is 4.52 Å². The topological polar surface area (TPSA) is 113 Å². The molecule has 0 aliphatic carbocycles. The fraction of sp³-hybridized carbons (Fsp3) is 1.00. The van der Waals surface area contributed by atoms with Crippen LogP contribution in [0.3, 0.4) is 0 Å². The van der Waals surface area contributed by atoms with Gasteiger partial charge in [0.2, 0.25) is 0 Å². The van der Waals surface area contributed by atoms with Crippen LogP contribution in [0.1, 0.15) is 47.3 Å². The predicted molar refractivity (Wildman–Crippen MR) is 62.3 cm³/mol. The highest BCUT2D eigenvalue weighted by molar-refractivity contribution is 7.60. The van der Waals surface area contributed by atoms with Gasteiger partial charge in [-0.15, -0.1) is 0 Å². The summed E-state index contributed by atoms with van der Waals surface area (Å²) in [6.45, 7) is 2.11. The van der Waals surface area contributed by atoms with E-state index in [0.29, 0.717) is 32.1 Å². The first-order valence-electron chi connectivity index (χ1n) is 5.98. The first kappa shape index (κ1) is 15.3. The molecule has 0 aromatic carbocycles. The van der Waals surface area contributed by atoms with Crippen molar-refractivity contribution in [2.45, 2.75) is 52.0 Å². The van der Waals surface area contributed by atoms with E-state index in [2.05, 4.69) is 4.31 Å². The quantitative estimate of drug-likeness (QED) is 0.442. The van der Waals surface area contributed by atoms with Crippen LogP contribution in [0, 0.1) is 0 Å². The molecule has 0 amide bonds. The summed E-state index contributed by atoms with van der Waals surface area (Å²) in [6.07, 6.45) is 2.29. The predicted octanol–water partition coefficient (Wildman–Crippen LogP) is 2.57. The minimum absolute atomic E-state index is 0.259. The summed E-state index contributed by atoms with van der Waals surface area (Å²) < 4.78 is 37.2. The van der Waals surface area contributed by atoms with Crippen LogP contribution in [0.4, 0.5) is 0 Å². The van der Waals surface area contributed by atoms with Gasteiger partial charge in [0.05, 0.1) is 6.10 Å². The van der Waals surface area contributed by atoms with Gasteiger partial charge in [0.25, 0.3) is 0 Å². The Labute approximate surface area is 102 Å². The lowest BCUT2D eigenvalue weighted by Gasteiger charge is -2.20. The van der Waals surface area contributed by atoms with Crippen molar-refractivity contribution in [1.29, 1.82) is 0 Å². The van der Waals surface area contributed by atoms with E-state index >= 15 is 0 Å². The third-order valence-corrected chi connectivity index (χ3v) is 4.12. The highest BCUT2D eigenvalue weighted by Crippen LogP contribution is 2.58. The number of phosphoric ester groups is 1. The van der Waals surface area contributed by atoms with E-state index in [1.165, 1.54) is 0 Å². The van der Waals surface area contributed by atoms with Gasteiger partial charge < -0.3 is 14.7 Å². The van der Waals surface area contributed by atoms with Crippen molar-refractivity contribution in [3.8, 4) is 0 Å². The van der Waals surface area contributed by atoms with Crippen LogP contribution in [-0.4, -0.2) is 20.8 Å². The number of rotatable bonds is 9. The third kappa shape index (κ3) is 9.92. The molecule has 0 aromatic heterocycles. The van der Waals surface area contributed by atoms with Crippen molar-refractivity contribution in [3.05, 3.63) is 0 Å². The number of phosphoric acid groups is 2. The highest BCUT2D eigenvalue weighted by Gasteiger charge is 2.34. The summed E-state index contributed by atoms with van der Waals surface area (Å²) >= 11 is 0. The molecule has 0 aromatic rings. The standard InChI is InChI=1S/C8H20O7P2/c1-3-5-7-8(6-4-2)14-17(12,13)15-16(9,10)11/h8H,3-7H2,1-2H3,(H,12,13)(H2,9,10,11)/i1D. The zero-order valence-electron chi connectivity index (χ0n) is 10.7. The first-order chi connectivity index (χ1) is 8.20. The lowest BCUT2D eigenvalue weighted by molar-refractivity contribution is 0.113. The largest absolute Gasteiger partial charge is 0.481 e. The van der Waals surface area contributed by atoms with Crippen LogP contribution >= 0.6 is 15.6 Å². The summed E-state index contributed by atoms with van der Waals surface area (Å²) in [5, 5.41) is 0. The van der Waals surface area contributed by atoms with E-state index in [1.54, 1.807) is 0 Å². The van der Waals surface area contributed by atoms with Crippen LogP contribution in [0.2, 0.25) is 0 Å². The van der Waals surface area contributed by atoms with Crippen molar-refractivity contribution in [3.63, 3.8) is 0 Å². The summed E-state index contributed by atoms with van der Waals surface area (Å²) in [6, 6.07) is 0. The van der Waals surface area contributed by atoms with Gasteiger partial charge in [-0.25, -0.2) is 9.13 Å². The second kappa shape index (κ2) is 7.64. The van der Waals surface area contributed by atoms with Gasteiger partial charge >= 0.3 is 15.6 Å². The van der Waals surface area contributed by atoms with Crippen LogP contribution in [-0.2, 0) is 18.0 Å². The van der Waals surface area contributed by atoms with Crippen molar-refractivity contribution in [2.75, 3.05) is 0 Å². The van der Waals surface area contributed by atoms with Crippen LogP contribution in [0.15, 0.2) is 0 Å². The minimum Gasteiger partial charge on any atom is -0.302 e. The van der Waals surface area contributed by atoms with E-state index < -0.39 is 21.7 Å². The smallest absolute Gasteiger partial charge is 0.302 e. The van der Waals surface area contributed by atoms with Crippen molar-refractivity contribution in [2.24, 2.45) is 0 Å². The molecule has 104 valence electrons. The van der Waals surface area contributed by atoms with Gasteiger partial charge in [0.15, 0.2) is 0 Å². The highest BCUT2D eigenvalue weighted by atomic mass is 31.3. The molecule has 17 heavy (non-hydrogen) atoms. The average molecular weight is 291 g/mol. The molecule has 0 heterocycles. The molecule has 7 nitrogen and oxygen atoms in total. The Morgan fingerprint density at radius 3 is 2.35 bits per heavy atom. The van der Waals surface area contributed by atoms with Crippen molar-refractivity contribution >= 4 is 15.6 Å². The van der Waals surface area contributed by atoms with E-state index in [0.717, 1.165) is 0 Å². The third-order valence-electron chi connectivity index (χ3n) is 1.88. The maximum Gasteiger partial charge on any atom is 0.481 e. The van der Waals surface area contributed by atoms with Crippen molar-refractivity contribution < 1.29 is 34.0 Å². The van der Waals surface area contributed by atoms with Gasteiger partial charge in [-0.05, 0) is 12.8 Å². The fourth-order valence-corrected chi connectivity index (χ4v) is 3.10. The van der Waals surface area contributed by atoms with Gasteiger partial charge in [-0.1, -0.05) is 33.1 Å². The molecule has 2 atom stereocenters. The molecule has 9 heteroatoms. The fourth-order valence-electron chi connectivity index (χ4n) is 1.29. The summed E-state index contributed by atoms with van der Waals surface area (Å²) in [4.78, 5) is 26.1. The molecular formula is C8H20O7P2. The van der Waals surface area contributed by atoms with Gasteiger partial charge in [-0.2, -0.15) is 4.31 Å². The molecule has 0 radical (unpaired) electrons. The van der Waals surface area contributed by atoms with E-state index in [1.807, 2.05) is 6.92 Å². The van der Waals surface area contributed by atoms with Gasteiger partial charge in [0.1, 0.15) is 0 Å². The molecular weight excluding hydrogens is 270 g/mol. The van der Waals surface area contributed by atoms with Crippen LogP contribution in [0.5, 0.6) is 0 Å². The molecule has 0 spiro atoms. The zero-order valence-corrected chi connectivity index (χ0v) is 11.5. The molecule has 0 saturated heterocycles. The molecule has 0 fully saturated rings. The summed E-state index contributed by atoms with van der Waals surface area (Å²) in [7, 11) is -9.82. The molecule has 0 saturated carbocycles. The summed E-state index contributed by atoms with van der Waals surface area (Å²) in [5.74, 6) is 0. The maximum atomic E-state index is 11.3. The zero-order chi connectivity index (χ0) is 14.2. The normalized spacial score (nSPS) is 18.5. The Bertz CT molecular complexity index is 319. The Balaban J connectivity index is 4.37. The molecule has 0 aliphatic heterocycles. The number of unbranched alkanes of at least 4 members (excludes halogenated alkanes) is 1. The second-order valence-electron chi connectivity index (χ2n) is 3.55. The van der Waals surface area contributed by atoms with E-state index in [4.69, 9.17) is 15.7 Å². The van der Waals surface area contributed by atoms with E-state index in [9.17, 15) is 14.0 Å². The van der Waals surface area contributed by atoms with E-state index in [-0.39, 0.29) is 6.90 Å². The molecule has 3 N–H and O–H groups in total. The minimum atomic E-state index is -5.06. The Morgan fingerprint density at radius 1 is 1.24 bits per heavy atom. The molecule has 2 unspecified atom stereocenters. The lowest BCUT2D eigenvalue weighted by Crippen LogP contribution is -2.11. The first-order valence-corrected chi connectivity index (χ1v) is 8.30. The maximum absolute atomic E-state index is 11.3. The Morgan fingerprint density at radius 2 is 1.88 bits per heavy atom. The molecule has 0 bridgehead atoms. The number of hydrogen-bond acceptors (Lipinski definition) is 4. The van der Waals surface area contributed by atoms with Gasteiger partial charge in [0, 0.05) is 1.37 Å². The molecule has 0 rings (SSSR count). The van der Waals surface area contributed by atoms with Crippen LogP contribution in [0.25, 0.3) is 0 Å². The summed E-state index contributed by atoms with van der Waals surface area (Å²) in [5.41, 5.74) is 0. The van der Waals surface area contributed by atoms with Crippen LogP contribution < -0.4 is 0 Å². The Kier molecular flexibility index (Phi) is 6.89. The monoisotopic (exact) mass is 291 g/mol.